The monoisotopic (exact) mass is 283 g/mol. The number of aliphatic hydroxyl groups is 1. The van der Waals surface area contributed by atoms with E-state index in [1.165, 1.54) is 0 Å². The van der Waals surface area contributed by atoms with Crippen LogP contribution in [0.3, 0.4) is 0 Å². The maximum Gasteiger partial charge on any atom is 0.152 e. The Labute approximate surface area is 114 Å². The first-order chi connectivity index (χ1) is 8.77. The zero-order valence-corrected chi connectivity index (χ0v) is 12.3. The normalized spacial score (nSPS) is 32.2. The average Bonchev–Trinajstić information content (AvgIpc) is 2.79. The molecule has 1 saturated heterocycles. The lowest BCUT2D eigenvalue weighted by Gasteiger charge is -2.34. The van der Waals surface area contributed by atoms with Crippen molar-refractivity contribution in [2.75, 3.05) is 11.5 Å². The Bertz CT molecular complexity index is 600. The highest BCUT2D eigenvalue weighted by Gasteiger charge is 2.36. The van der Waals surface area contributed by atoms with E-state index in [0.717, 1.165) is 24.1 Å². The molecule has 3 rings (SSSR count). The first-order valence-electron chi connectivity index (χ1n) is 6.85. The Morgan fingerprint density at radius 2 is 2.16 bits per heavy atom. The third kappa shape index (κ3) is 2.34. The first kappa shape index (κ1) is 13.2. The summed E-state index contributed by atoms with van der Waals surface area (Å²) in [7, 11) is -2.87. The minimum absolute atomic E-state index is 0.0508. The average molecular weight is 283 g/mol. The molecule has 0 bridgehead atoms. The van der Waals surface area contributed by atoms with Gasteiger partial charge in [0.1, 0.15) is 0 Å². The predicted octanol–water partition coefficient (Wildman–Crippen LogP) is 1.85. The standard InChI is InChI=1S/C14H21NO3S/c1-14(2)7-12-11(13(16)8-14)3-5-15(12)10-4-6-19(17,18)9-10/h3,5,10,13,16H,4,6-9H2,1-2H3. The molecular formula is C14H21NO3S. The number of nitrogens with zero attached hydrogens (tertiary/aromatic N) is 1. The van der Waals surface area contributed by atoms with Crippen LogP contribution in [0.1, 0.15) is 50.1 Å². The van der Waals surface area contributed by atoms with Gasteiger partial charge in [-0.3, -0.25) is 0 Å². The van der Waals surface area contributed by atoms with Gasteiger partial charge in [-0.2, -0.15) is 0 Å². The molecule has 0 saturated carbocycles. The van der Waals surface area contributed by atoms with Gasteiger partial charge in [0.05, 0.1) is 17.6 Å². The van der Waals surface area contributed by atoms with Crippen molar-refractivity contribution in [1.29, 1.82) is 0 Å². The number of hydrogen-bond donors (Lipinski definition) is 1. The number of sulfone groups is 1. The van der Waals surface area contributed by atoms with Gasteiger partial charge >= 0.3 is 0 Å². The summed E-state index contributed by atoms with van der Waals surface area (Å²) in [5.74, 6) is 0.529. The van der Waals surface area contributed by atoms with E-state index >= 15 is 0 Å². The molecule has 2 aliphatic rings. The van der Waals surface area contributed by atoms with Gasteiger partial charge in [-0.1, -0.05) is 13.8 Å². The molecule has 1 fully saturated rings. The van der Waals surface area contributed by atoms with Crippen LogP contribution in [0.4, 0.5) is 0 Å². The highest BCUT2D eigenvalue weighted by atomic mass is 32.2. The van der Waals surface area contributed by atoms with Gasteiger partial charge in [0, 0.05) is 23.5 Å². The number of aliphatic hydroxyl groups excluding tert-OH is 1. The fourth-order valence-corrected chi connectivity index (χ4v) is 5.20. The zero-order chi connectivity index (χ0) is 13.8. The topological polar surface area (TPSA) is 59.3 Å². The molecule has 1 aliphatic heterocycles. The quantitative estimate of drug-likeness (QED) is 0.855. The second-order valence-corrected chi connectivity index (χ2v) is 8.97. The van der Waals surface area contributed by atoms with Crippen molar-refractivity contribution in [3.8, 4) is 0 Å². The molecule has 2 atom stereocenters. The van der Waals surface area contributed by atoms with Crippen molar-refractivity contribution in [2.24, 2.45) is 5.41 Å². The number of rotatable bonds is 1. The molecule has 0 aromatic carbocycles. The van der Waals surface area contributed by atoms with Crippen LogP contribution >= 0.6 is 0 Å². The highest BCUT2D eigenvalue weighted by Crippen LogP contribution is 2.42. The number of hydrogen-bond acceptors (Lipinski definition) is 3. The molecule has 0 amide bonds. The molecule has 0 spiro atoms. The summed E-state index contributed by atoms with van der Waals surface area (Å²) in [6.07, 6.45) is 3.91. The van der Waals surface area contributed by atoms with E-state index < -0.39 is 15.9 Å². The lowest BCUT2D eigenvalue weighted by atomic mass is 9.75. The maximum absolute atomic E-state index is 11.6. The Kier molecular flexibility index (Phi) is 2.84. The number of aromatic nitrogens is 1. The van der Waals surface area contributed by atoms with Gasteiger partial charge in [-0.25, -0.2) is 8.42 Å². The summed E-state index contributed by atoms with van der Waals surface area (Å²) < 4.78 is 25.4. The van der Waals surface area contributed by atoms with Gasteiger partial charge in [0.25, 0.3) is 0 Å². The van der Waals surface area contributed by atoms with Crippen molar-refractivity contribution in [2.45, 2.75) is 45.3 Å². The Balaban J connectivity index is 1.98. The SMILES string of the molecule is CC1(C)Cc2c(ccn2C2CCS(=O)(=O)C2)C(O)C1. The smallest absolute Gasteiger partial charge is 0.152 e. The fraction of sp³-hybridized carbons (Fsp3) is 0.714. The molecule has 1 N–H and O–H groups in total. The Morgan fingerprint density at radius 1 is 1.42 bits per heavy atom. The lowest BCUT2D eigenvalue weighted by Crippen LogP contribution is -2.27. The molecule has 0 radical (unpaired) electrons. The van der Waals surface area contributed by atoms with Gasteiger partial charge in [0.15, 0.2) is 9.84 Å². The number of fused-ring (bicyclic) bond motifs is 1. The predicted molar refractivity (Wildman–Crippen MR) is 73.8 cm³/mol. The van der Waals surface area contributed by atoms with E-state index in [4.69, 9.17) is 0 Å². The third-order valence-corrected chi connectivity index (χ3v) is 6.16. The van der Waals surface area contributed by atoms with Gasteiger partial charge in [-0.05, 0) is 30.7 Å². The van der Waals surface area contributed by atoms with Crippen molar-refractivity contribution < 1.29 is 13.5 Å². The van der Waals surface area contributed by atoms with Crippen LogP contribution in [0.5, 0.6) is 0 Å². The summed E-state index contributed by atoms with van der Waals surface area (Å²) >= 11 is 0. The summed E-state index contributed by atoms with van der Waals surface area (Å²) in [4.78, 5) is 0. The molecular weight excluding hydrogens is 262 g/mol. The van der Waals surface area contributed by atoms with E-state index in [1.807, 2.05) is 12.3 Å². The molecule has 1 aromatic heterocycles. The molecule has 4 nitrogen and oxygen atoms in total. The van der Waals surface area contributed by atoms with E-state index in [2.05, 4.69) is 18.4 Å². The minimum Gasteiger partial charge on any atom is -0.388 e. The van der Waals surface area contributed by atoms with E-state index in [9.17, 15) is 13.5 Å². The van der Waals surface area contributed by atoms with Crippen LogP contribution in [0, 0.1) is 5.41 Å². The third-order valence-electron chi connectivity index (χ3n) is 4.41. The van der Waals surface area contributed by atoms with Crippen LogP contribution in [0.15, 0.2) is 12.3 Å². The highest BCUT2D eigenvalue weighted by molar-refractivity contribution is 7.91. The molecule has 106 valence electrons. The molecule has 2 heterocycles. The van der Waals surface area contributed by atoms with Crippen LogP contribution in [-0.2, 0) is 16.3 Å². The Hall–Kier alpha value is -0.810. The Morgan fingerprint density at radius 3 is 2.79 bits per heavy atom. The molecule has 1 aliphatic carbocycles. The van der Waals surface area contributed by atoms with Crippen LogP contribution in [-0.4, -0.2) is 29.6 Å². The minimum atomic E-state index is -2.87. The first-order valence-corrected chi connectivity index (χ1v) is 8.68. The zero-order valence-electron chi connectivity index (χ0n) is 11.5. The summed E-state index contributed by atoms with van der Waals surface area (Å²) in [6, 6.07) is 2.01. The van der Waals surface area contributed by atoms with Gasteiger partial charge < -0.3 is 9.67 Å². The lowest BCUT2D eigenvalue weighted by molar-refractivity contribution is 0.0976. The fourth-order valence-electron chi connectivity index (χ4n) is 3.49. The summed E-state index contributed by atoms with van der Waals surface area (Å²) in [5.41, 5.74) is 2.19. The van der Waals surface area contributed by atoms with E-state index in [1.54, 1.807) is 0 Å². The molecule has 5 heteroatoms. The maximum atomic E-state index is 11.6. The molecule has 1 aromatic rings. The van der Waals surface area contributed by atoms with Crippen molar-refractivity contribution in [1.82, 2.24) is 4.57 Å². The van der Waals surface area contributed by atoms with Crippen molar-refractivity contribution in [3.63, 3.8) is 0 Å². The summed E-state index contributed by atoms with van der Waals surface area (Å²) in [5, 5.41) is 10.2. The van der Waals surface area contributed by atoms with Crippen molar-refractivity contribution >= 4 is 9.84 Å². The van der Waals surface area contributed by atoms with E-state index in [0.29, 0.717) is 6.42 Å². The largest absolute Gasteiger partial charge is 0.388 e. The van der Waals surface area contributed by atoms with E-state index in [-0.39, 0.29) is 23.0 Å². The molecule has 2 unspecified atom stereocenters. The van der Waals surface area contributed by atoms with Crippen LogP contribution in [0.2, 0.25) is 0 Å². The van der Waals surface area contributed by atoms with Gasteiger partial charge in [-0.15, -0.1) is 0 Å². The van der Waals surface area contributed by atoms with Gasteiger partial charge in [0.2, 0.25) is 0 Å². The molecule has 19 heavy (non-hydrogen) atoms. The van der Waals surface area contributed by atoms with Crippen LogP contribution in [0.25, 0.3) is 0 Å². The summed E-state index contributed by atoms with van der Waals surface area (Å²) in [6.45, 7) is 4.31. The van der Waals surface area contributed by atoms with Crippen LogP contribution < -0.4 is 0 Å². The van der Waals surface area contributed by atoms with Crippen molar-refractivity contribution in [3.05, 3.63) is 23.5 Å². The second-order valence-electron chi connectivity index (χ2n) is 6.74. The second kappa shape index (κ2) is 4.09.